The van der Waals surface area contributed by atoms with Crippen LogP contribution in [0.1, 0.15) is 26.7 Å². The SMILES string of the molecule is B[C@@H](CN)C[C@@H](C)CC. The van der Waals surface area contributed by atoms with Crippen LogP contribution in [0, 0.1) is 5.92 Å². The van der Waals surface area contributed by atoms with E-state index in [1.54, 1.807) is 0 Å². The summed E-state index contributed by atoms with van der Waals surface area (Å²) in [7, 11) is 2.21. The molecule has 2 N–H and O–H groups in total. The zero-order valence-corrected chi connectivity index (χ0v) is 6.85. The lowest BCUT2D eigenvalue weighted by Gasteiger charge is -2.12. The summed E-state index contributed by atoms with van der Waals surface area (Å²) in [5, 5.41) is 0. The summed E-state index contributed by atoms with van der Waals surface area (Å²) in [5.74, 6) is 1.56. The van der Waals surface area contributed by atoms with Gasteiger partial charge in [0.1, 0.15) is 7.85 Å². The molecular weight excluding hydrogens is 109 g/mol. The van der Waals surface area contributed by atoms with Gasteiger partial charge in [0, 0.05) is 0 Å². The van der Waals surface area contributed by atoms with Crippen molar-refractivity contribution in [2.45, 2.75) is 32.5 Å². The van der Waals surface area contributed by atoms with Gasteiger partial charge in [0.2, 0.25) is 0 Å². The van der Waals surface area contributed by atoms with Gasteiger partial charge in [-0.2, -0.15) is 0 Å². The van der Waals surface area contributed by atoms with Crippen molar-refractivity contribution in [2.24, 2.45) is 11.7 Å². The smallest absolute Gasteiger partial charge is 0.107 e. The zero-order valence-electron chi connectivity index (χ0n) is 6.85. The molecule has 1 nitrogen and oxygen atoms in total. The Labute approximate surface area is 59.4 Å². The lowest BCUT2D eigenvalue weighted by atomic mass is 9.80. The van der Waals surface area contributed by atoms with Gasteiger partial charge in [-0.05, 0) is 12.5 Å². The lowest BCUT2D eigenvalue weighted by molar-refractivity contribution is 0.500. The normalized spacial score (nSPS) is 17.2. The highest BCUT2D eigenvalue weighted by Crippen LogP contribution is 2.14. The molecule has 0 bridgehead atoms. The van der Waals surface area contributed by atoms with Gasteiger partial charge in [-0.25, -0.2) is 0 Å². The van der Waals surface area contributed by atoms with Crippen LogP contribution in [0.25, 0.3) is 0 Å². The second kappa shape index (κ2) is 4.86. The molecule has 0 heterocycles. The molecule has 54 valence electrons. The van der Waals surface area contributed by atoms with Crippen LogP contribution in [0.4, 0.5) is 0 Å². The van der Waals surface area contributed by atoms with E-state index in [1.807, 2.05) is 0 Å². The summed E-state index contributed by atoms with van der Waals surface area (Å²) in [6.45, 7) is 5.35. The number of rotatable bonds is 4. The Balaban J connectivity index is 3.22. The minimum absolute atomic E-state index is 0.708. The third kappa shape index (κ3) is 4.52. The molecule has 2 heteroatoms. The van der Waals surface area contributed by atoms with Crippen LogP contribution in [-0.4, -0.2) is 14.4 Å². The molecule has 0 aliphatic heterocycles. The van der Waals surface area contributed by atoms with Gasteiger partial charge >= 0.3 is 0 Å². The maximum absolute atomic E-state index is 5.48. The van der Waals surface area contributed by atoms with Gasteiger partial charge in [-0.15, -0.1) is 0 Å². The third-order valence-electron chi connectivity index (χ3n) is 1.90. The average Bonchev–Trinajstić information content (AvgIpc) is 1.87. The summed E-state index contributed by atoms with van der Waals surface area (Å²) in [5.41, 5.74) is 5.48. The fourth-order valence-electron chi connectivity index (χ4n) is 0.950. The fraction of sp³-hybridized carbons (Fsp3) is 1.00. The Kier molecular flexibility index (Phi) is 4.88. The highest BCUT2D eigenvalue weighted by Gasteiger charge is 2.03. The van der Waals surface area contributed by atoms with Gasteiger partial charge < -0.3 is 5.73 Å². The van der Waals surface area contributed by atoms with Crippen LogP contribution in [0.3, 0.4) is 0 Å². The molecule has 0 fully saturated rings. The van der Waals surface area contributed by atoms with Gasteiger partial charge in [0.25, 0.3) is 0 Å². The van der Waals surface area contributed by atoms with E-state index in [2.05, 4.69) is 21.7 Å². The third-order valence-corrected chi connectivity index (χ3v) is 1.90. The molecule has 9 heavy (non-hydrogen) atoms. The van der Waals surface area contributed by atoms with Crippen molar-refractivity contribution in [1.29, 1.82) is 0 Å². The van der Waals surface area contributed by atoms with Crippen LogP contribution in [0.5, 0.6) is 0 Å². The second-order valence-corrected chi connectivity index (χ2v) is 3.09. The van der Waals surface area contributed by atoms with Crippen molar-refractivity contribution >= 4 is 7.85 Å². The first-order valence-corrected chi connectivity index (χ1v) is 3.90. The summed E-state index contributed by atoms with van der Waals surface area (Å²) >= 11 is 0. The molecule has 0 saturated carbocycles. The molecule has 0 aromatic heterocycles. The highest BCUT2D eigenvalue weighted by molar-refractivity contribution is 6.11. The monoisotopic (exact) mass is 127 g/mol. The van der Waals surface area contributed by atoms with Crippen molar-refractivity contribution in [3.63, 3.8) is 0 Å². The molecule has 0 aromatic carbocycles. The maximum atomic E-state index is 5.48. The lowest BCUT2D eigenvalue weighted by Crippen LogP contribution is -2.11. The first kappa shape index (κ1) is 9.02. The fourth-order valence-corrected chi connectivity index (χ4v) is 0.950. The van der Waals surface area contributed by atoms with E-state index in [-0.39, 0.29) is 0 Å². The Hall–Kier alpha value is 0.0249. The molecule has 0 spiro atoms. The van der Waals surface area contributed by atoms with Crippen LogP contribution >= 0.6 is 0 Å². The molecule has 0 amide bonds. The second-order valence-electron chi connectivity index (χ2n) is 3.09. The van der Waals surface area contributed by atoms with Crippen molar-refractivity contribution in [2.75, 3.05) is 6.54 Å². The quantitative estimate of drug-likeness (QED) is 0.555. The van der Waals surface area contributed by atoms with Crippen LogP contribution < -0.4 is 5.73 Å². The zero-order chi connectivity index (χ0) is 7.28. The first-order valence-electron chi connectivity index (χ1n) is 3.90. The summed E-state index contributed by atoms with van der Waals surface area (Å²) in [6.07, 6.45) is 2.57. The predicted octanol–water partition coefficient (Wildman–Crippen LogP) is 0.803. The van der Waals surface area contributed by atoms with E-state index in [9.17, 15) is 0 Å². The summed E-state index contributed by atoms with van der Waals surface area (Å²) in [4.78, 5) is 0. The molecule has 0 aliphatic carbocycles. The van der Waals surface area contributed by atoms with Crippen LogP contribution in [-0.2, 0) is 0 Å². The summed E-state index contributed by atoms with van der Waals surface area (Å²) < 4.78 is 0. The molecular formula is C7H18BN. The van der Waals surface area contributed by atoms with Gasteiger partial charge in [0.15, 0.2) is 0 Å². The molecule has 0 unspecified atom stereocenters. The van der Waals surface area contributed by atoms with Crippen molar-refractivity contribution in [1.82, 2.24) is 0 Å². The van der Waals surface area contributed by atoms with Crippen LogP contribution in [0.2, 0.25) is 5.82 Å². The van der Waals surface area contributed by atoms with E-state index in [0.717, 1.165) is 12.5 Å². The molecule has 2 atom stereocenters. The van der Waals surface area contributed by atoms with E-state index in [0.29, 0.717) is 5.82 Å². The largest absolute Gasteiger partial charge is 0.331 e. The molecule has 0 saturated heterocycles. The van der Waals surface area contributed by atoms with E-state index in [4.69, 9.17) is 5.73 Å². The topological polar surface area (TPSA) is 26.0 Å². The van der Waals surface area contributed by atoms with Gasteiger partial charge in [0.05, 0.1) is 0 Å². The Morgan fingerprint density at radius 2 is 2.11 bits per heavy atom. The van der Waals surface area contributed by atoms with Crippen LogP contribution in [0.15, 0.2) is 0 Å². The number of hydrogen-bond acceptors (Lipinski definition) is 1. The number of nitrogens with two attached hydrogens (primary N) is 1. The van der Waals surface area contributed by atoms with E-state index in [1.165, 1.54) is 12.8 Å². The van der Waals surface area contributed by atoms with Gasteiger partial charge in [-0.1, -0.05) is 32.5 Å². The minimum Gasteiger partial charge on any atom is -0.331 e. The number of hydrogen-bond donors (Lipinski definition) is 1. The standard InChI is InChI=1S/C7H18BN/c1-3-6(2)4-7(8)5-9/h6-7H,3-5,8-9H2,1-2H3/t6-,7+/m0/s1. The Bertz CT molecular complexity index is 57.9. The van der Waals surface area contributed by atoms with Crippen molar-refractivity contribution in [3.8, 4) is 0 Å². The van der Waals surface area contributed by atoms with Gasteiger partial charge in [-0.3, -0.25) is 0 Å². The molecule has 0 rings (SSSR count). The molecule has 0 radical (unpaired) electrons. The van der Waals surface area contributed by atoms with E-state index >= 15 is 0 Å². The Morgan fingerprint density at radius 3 is 2.44 bits per heavy atom. The maximum Gasteiger partial charge on any atom is 0.107 e. The average molecular weight is 127 g/mol. The summed E-state index contributed by atoms with van der Waals surface area (Å²) in [6, 6.07) is 0. The van der Waals surface area contributed by atoms with Crippen molar-refractivity contribution in [3.05, 3.63) is 0 Å². The minimum atomic E-state index is 0.708. The highest BCUT2D eigenvalue weighted by atomic mass is 14.5. The van der Waals surface area contributed by atoms with E-state index < -0.39 is 0 Å². The predicted molar refractivity (Wildman–Crippen MR) is 45.4 cm³/mol. The Morgan fingerprint density at radius 1 is 1.56 bits per heavy atom. The van der Waals surface area contributed by atoms with Crippen molar-refractivity contribution < 1.29 is 0 Å². The molecule has 0 aliphatic rings. The first-order chi connectivity index (χ1) is 4.20. The molecule has 0 aromatic rings.